The Morgan fingerprint density at radius 3 is 2.62 bits per heavy atom. The summed E-state index contributed by atoms with van der Waals surface area (Å²) in [6, 6.07) is 4.94. The summed E-state index contributed by atoms with van der Waals surface area (Å²) in [7, 11) is 0. The molecule has 2 fully saturated rings. The Hall–Kier alpha value is -2.48. The predicted octanol–water partition coefficient (Wildman–Crippen LogP) is 2.14. The lowest BCUT2D eigenvalue weighted by Crippen LogP contribution is -2.39. The molecule has 2 saturated heterocycles. The van der Waals surface area contributed by atoms with Crippen LogP contribution in [0, 0.1) is 5.82 Å². The number of likely N-dealkylation sites (tertiary alicyclic amines) is 1. The number of nitrogens with one attached hydrogen (secondary N) is 1. The highest BCUT2D eigenvalue weighted by Crippen LogP contribution is 2.29. The van der Waals surface area contributed by atoms with E-state index in [-0.39, 0.29) is 11.7 Å². The van der Waals surface area contributed by atoms with Crippen molar-refractivity contribution in [3.8, 4) is 0 Å². The average molecular weight is 398 g/mol. The van der Waals surface area contributed by atoms with Crippen molar-refractivity contribution in [2.45, 2.75) is 44.7 Å². The van der Waals surface area contributed by atoms with Crippen molar-refractivity contribution in [2.24, 2.45) is 0 Å². The van der Waals surface area contributed by atoms with E-state index in [0.29, 0.717) is 30.3 Å². The number of piperidine rings is 1. The number of anilines is 1. The van der Waals surface area contributed by atoms with Gasteiger partial charge < -0.3 is 19.7 Å². The van der Waals surface area contributed by atoms with Crippen LogP contribution in [0.5, 0.6) is 0 Å². The van der Waals surface area contributed by atoms with Crippen LogP contribution < -0.4 is 10.2 Å². The van der Waals surface area contributed by atoms with Crippen molar-refractivity contribution in [3.63, 3.8) is 0 Å². The lowest BCUT2D eigenvalue weighted by Gasteiger charge is -2.32. The molecule has 0 spiro atoms. The Labute approximate surface area is 169 Å². The smallest absolute Gasteiger partial charge is 0.253 e. The molecule has 0 bridgehead atoms. The minimum Gasteiger partial charge on any atom is -0.369 e. The molecule has 0 saturated carbocycles. The number of nitrogens with zero attached hydrogens (tertiary/aromatic N) is 5. The first-order valence-electron chi connectivity index (χ1n) is 10.7. The molecule has 0 unspecified atom stereocenters. The molecular formula is C21H27FN6O. The van der Waals surface area contributed by atoms with Gasteiger partial charge in [0, 0.05) is 50.7 Å². The van der Waals surface area contributed by atoms with Gasteiger partial charge in [-0.2, -0.15) is 0 Å². The maximum atomic E-state index is 14.6. The highest BCUT2D eigenvalue weighted by Gasteiger charge is 2.29. The summed E-state index contributed by atoms with van der Waals surface area (Å²) >= 11 is 0. The number of halogens is 1. The molecule has 2 aromatic rings. The second-order valence-electron chi connectivity index (χ2n) is 8.23. The molecule has 1 aromatic heterocycles. The molecule has 29 heavy (non-hydrogen) atoms. The minimum atomic E-state index is -0.295. The number of benzene rings is 1. The van der Waals surface area contributed by atoms with E-state index >= 15 is 0 Å². The first-order valence-corrected chi connectivity index (χ1v) is 10.7. The topological polar surface area (TPSA) is 66.3 Å². The lowest BCUT2D eigenvalue weighted by atomic mass is 9.95. The molecule has 1 aromatic carbocycles. The molecule has 8 heteroatoms. The lowest BCUT2D eigenvalue weighted by molar-refractivity contribution is 0.0709. The van der Waals surface area contributed by atoms with Crippen molar-refractivity contribution in [2.75, 3.05) is 37.6 Å². The molecule has 3 aliphatic rings. The third kappa shape index (κ3) is 3.50. The molecule has 3 aliphatic heterocycles. The summed E-state index contributed by atoms with van der Waals surface area (Å²) in [5.41, 5.74) is 1.05. The summed E-state index contributed by atoms with van der Waals surface area (Å²) in [5, 5.41) is 12.0. The SMILES string of the molecule is O=C(c1ccc(N2CCCC2)c(F)c1)N1CCC(c2nnc3n2CCNC3)CC1. The van der Waals surface area contributed by atoms with Gasteiger partial charge in [0.05, 0.1) is 12.2 Å². The standard InChI is InChI=1S/C21H27FN6O/c22-17-13-16(3-4-18(17)26-8-1-2-9-26)21(29)27-10-5-15(6-11-27)20-25-24-19-14-23-7-12-28(19)20/h3-4,13,15,23H,1-2,5-12,14H2. The van der Waals surface area contributed by atoms with Crippen molar-refractivity contribution in [1.29, 1.82) is 0 Å². The van der Waals surface area contributed by atoms with Gasteiger partial charge in [0.25, 0.3) is 5.91 Å². The van der Waals surface area contributed by atoms with Crippen molar-refractivity contribution in [3.05, 3.63) is 41.2 Å². The fourth-order valence-electron chi connectivity index (χ4n) is 4.79. The zero-order valence-electron chi connectivity index (χ0n) is 16.6. The van der Waals surface area contributed by atoms with Gasteiger partial charge in [-0.25, -0.2) is 4.39 Å². The molecule has 1 N–H and O–H groups in total. The second-order valence-corrected chi connectivity index (χ2v) is 8.23. The number of fused-ring (bicyclic) bond motifs is 1. The highest BCUT2D eigenvalue weighted by molar-refractivity contribution is 5.94. The van der Waals surface area contributed by atoms with Gasteiger partial charge in [0.15, 0.2) is 0 Å². The normalized spacial score (nSPS) is 20.2. The molecule has 0 aliphatic carbocycles. The van der Waals surface area contributed by atoms with E-state index in [1.807, 2.05) is 4.90 Å². The van der Waals surface area contributed by atoms with Crippen LogP contribution in [0.1, 0.15) is 53.6 Å². The van der Waals surface area contributed by atoms with E-state index in [2.05, 4.69) is 25.0 Å². The zero-order valence-corrected chi connectivity index (χ0v) is 16.6. The fourth-order valence-corrected chi connectivity index (χ4v) is 4.79. The van der Waals surface area contributed by atoms with Crippen LogP contribution in [-0.2, 0) is 13.1 Å². The quantitative estimate of drug-likeness (QED) is 0.858. The minimum absolute atomic E-state index is 0.0807. The van der Waals surface area contributed by atoms with Gasteiger partial charge in [0.2, 0.25) is 0 Å². The van der Waals surface area contributed by atoms with Gasteiger partial charge in [-0.05, 0) is 43.9 Å². The number of rotatable bonds is 3. The summed E-state index contributed by atoms with van der Waals surface area (Å²) < 4.78 is 16.8. The van der Waals surface area contributed by atoms with Crippen molar-refractivity contribution in [1.82, 2.24) is 25.0 Å². The fraction of sp³-hybridized carbons (Fsp3) is 0.571. The third-order valence-electron chi connectivity index (χ3n) is 6.44. The number of carbonyl (C=O) groups excluding carboxylic acids is 1. The molecule has 5 rings (SSSR count). The van der Waals surface area contributed by atoms with Crippen LogP contribution in [0.4, 0.5) is 10.1 Å². The van der Waals surface area contributed by atoms with E-state index in [9.17, 15) is 9.18 Å². The molecule has 4 heterocycles. The molecule has 0 radical (unpaired) electrons. The summed E-state index contributed by atoms with van der Waals surface area (Å²) in [6.45, 7) is 5.72. The number of hydrogen-bond donors (Lipinski definition) is 1. The van der Waals surface area contributed by atoms with E-state index in [1.165, 1.54) is 6.07 Å². The molecule has 0 atom stereocenters. The number of hydrogen-bond acceptors (Lipinski definition) is 5. The summed E-state index contributed by atoms with van der Waals surface area (Å²) in [5.74, 6) is 2.00. The van der Waals surface area contributed by atoms with E-state index < -0.39 is 0 Å². The van der Waals surface area contributed by atoms with E-state index in [4.69, 9.17) is 0 Å². The van der Waals surface area contributed by atoms with Crippen LogP contribution >= 0.6 is 0 Å². The predicted molar refractivity (Wildman–Crippen MR) is 107 cm³/mol. The van der Waals surface area contributed by atoms with Gasteiger partial charge in [-0.1, -0.05) is 0 Å². The number of aromatic nitrogens is 3. The molecule has 154 valence electrons. The molecule has 7 nitrogen and oxygen atoms in total. The Morgan fingerprint density at radius 1 is 1.07 bits per heavy atom. The Kier molecular flexibility index (Phi) is 4.95. The first-order chi connectivity index (χ1) is 14.2. The van der Waals surface area contributed by atoms with Crippen molar-refractivity contribution < 1.29 is 9.18 Å². The largest absolute Gasteiger partial charge is 0.369 e. The zero-order chi connectivity index (χ0) is 19.8. The van der Waals surface area contributed by atoms with Crippen LogP contribution in [0.2, 0.25) is 0 Å². The van der Waals surface area contributed by atoms with Gasteiger partial charge in [0.1, 0.15) is 17.5 Å². The van der Waals surface area contributed by atoms with Gasteiger partial charge in [-0.3, -0.25) is 4.79 Å². The van der Waals surface area contributed by atoms with Crippen LogP contribution in [-0.4, -0.2) is 58.3 Å². The Bertz CT molecular complexity index is 899. The van der Waals surface area contributed by atoms with Crippen molar-refractivity contribution >= 4 is 11.6 Å². The Balaban J connectivity index is 1.24. The van der Waals surface area contributed by atoms with Gasteiger partial charge >= 0.3 is 0 Å². The van der Waals surface area contributed by atoms with Crippen LogP contribution in [0.3, 0.4) is 0 Å². The highest BCUT2D eigenvalue weighted by atomic mass is 19.1. The Morgan fingerprint density at radius 2 is 1.86 bits per heavy atom. The number of amides is 1. The average Bonchev–Trinajstić information content (AvgIpc) is 3.43. The van der Waals surface area contributed by atoms with E-state index in [0.717, 1.165) is 70.1 Å². The monoisotopic (exact) mass is 398 g/mol. The van der Waals surface area contributed by atoms with E-state index in [1.54, 1.807) is 12.1 Å². The van der Waals surface area contributed by atoms with Crippen LogP contribution in [0.15, 0.2) is 18.2 Å². The number of carbonyl (C=O) groups is 1. The van der Waals surface area contributed by atoms with Crippen LogP contribution in [0.25, 0.3) is 0 Å². The second kappa shape index (κ2) is 7.74. The maximum absolute atomic E-state index is 14.6. The summed E-state index contributed by atoms with van der Waals surface area (Å²) in [6.07, 6.45) is 3.93. The molecular weight excluding hydrogens is 371 g/mol. The van der Waals surface area contributed by atoms with Gasteiger partial charge in [-0.15, -0.1) is 10.2 Å². The third-order valence-corrected chi connectivity index (χ3v) is 6.44. The molecule has 1 amide bonds. The maximum Gasteiger partial charge on any atom is 0.253 e. The summed E-state index contributed by atoms with van der Waals surface area (Å²) in [4.78, 5) is 16.8. The first kappa shape index (κ1) is 18.5.